The smallest absolute Gasteiger partial charge is 0.354 e. The molecule has 18 heavy (non-hydrogen) atoms. The molecule has 0 fully saturated rings. The first kappa shape index (κ1) is 12.3. The van der Waals surface area contributed by atoms with E-state index in [-0.39, 0.29) is 5.69 Å². The number of pyridine rings is 1. The van der Waals surface area contributed by atoms with E-state index in [0.717, 1.165) is 11.1 Å². The lowest BCUT2D eigenvalue weighted by Gasteiger charge is -2.04. The van der Waals surface area contributed by atoms with Gasteiger partial charge in [-0.2, -0.15) is 0 Å². The Hall–Kier alpha value is -2.20. The van der Waals surface area contributed by atoms with Gasteiger partial charge in [-0.25, -0.2) is 9.78 Å². The molecule has 1 N–H and O–H groups in total. The van der Waals surface area contributed by atoms with Crippen LogP contribution in [0, 0.1) is 0 Å². The number of aromatic carboxylic acids is 1. The quantitative estimate of drug-likeness (QED) is 0.876. The van der Waals surface area contributed by atoms with Crippen molar-refractivity contribution in [2.24, 2.45) is 0 Å². The fraction of sp³-hybridized carbons (Fsp3) is 0.143. The van der Waals surface area contributed by atoms with Crippen LogP contribution in [0.1, 0.15) is 21.6 Å². The van der Waals surface area contributed by atoms with Crippen molar-refractivity contribution in [2.45, 2.75) is 13.2 Å². The van der Waals surface area contributed by atoms with E-state index in [4.69, 9.17) is 9.84 Å². The Morgan fingerprint density at radius 3 is 2.39 bits per heavy atom. The van der Waals surface area contributed by atoms with Gasteiger partial charge in [0.1, 0.15) is 5.69 Å². The molecule has 0 aliphatic heterocycles. The highest BCUT2D eigenvalue weighted by molar-refractivity contribution is 5.85. The van der Waals surface area contributed by atoms with Crippen molar-refractivity contribution in [3.8, 4) is 0 Å². The number of hydrogen-bond donors (Lipinski definition) is 1. The van der Waals surface area contributed by atoms with Gasteiger partial charge < -0.3 is 9.84 Å². The van der Waals surface area contributed by atoms with E-state index in [1.807, 2.05) is 30.3 Å². The van der Waals surface area contributed by atoms with Crippen molar-refractivity contribution < 1.29 is 14.6 Å². The molecule has 0 atom stereocenters. The molecule has 1 aromatic carbocycles. The number of hydrogen-bond acceptors (Lipinski definition) is 3. The minimum absolute atomic E-state index is 0.0433. The van der Waals surface area contributed by atoms with Crippen molar-refractivity contribution in [1.82, 2.24) is 4.98 Å². The van der Waals surface area contributed by atoms with Gasteiger partial charge >= 0.3 is 5.97 Å². The SMILES string of the molecule is O=C(O)c1ccc(COCc2ccccc2)cn1. The largest absolute Gasteiger partial charge is 0.477 e. The van der Waals surface area contributed by atoms with Crippen LogP contribution >= 0.6 is 0 Å². The molecule has 4 nitrogen and oxygen atoms in total. The maximum atomic E-state index is 10.6. The number of aromatic nitrogens is 1. The molecule has 0 bridgehead atoms. The summed E-state index contributed by atoms with van der Waals surface area (Å²) in [5.41, 5.74) is 2.00. The zero-order valence-corrected chi connectivity index (χ0v) is 9.74. The molecule has 1 heterocycles. The predicted octanol–water partition coefficient (Wildman–Crippen LogP) is 2.50. The van der Waals surface area contributed by atoms with E-state index in [9.17, 15) is 4.79 Å². The van der Waals surface area contributed by atoms with Gasteiger partial charge in [0.2, 0.25) is 0 Å². The van der Waals surface area contributed by atoms with Crippen molar-refractivity contribution in [3.63, 3.8) is 0 Å². The number of carbonyl (C=O) groups is 1. The van der Waals surface area contributed by atoms with Crippen LogP contribution in [0.4, 0.5) is 0 Å². The monoisotopic (exact) mass is 243 g/mol. The Balaban J connectivity index is 1.85. The maximum absolute atomic E-state index is 10.6. The molecule has 92 valence electrons. The standard InChI is InChI=1S/C14H13NO3/c16-14(17)13-7-6-12(8-15-13)10-18-9-11-4-2-1-3-5-11/h1-8H,9-10H2,(H,16,17). The number of benzene rings is 1. The zero-order chi connectivity index (χ0) is 12.8. The summed E-state index contributed by atoms with van der Waals surface area (Å²) in [7, 11) is 0. The number of ether oxygens (including phenoxy) is 1. The molecular weight excluding hydrogens is 230 g/mol. The summed E-state index contributed by atoms with van der Waals surface area (Å²) in [5, 5.41) is 8.71. The maximum Gasteiger partial charge on any atom is 0.354 e. The number of carboxylic acids is 1. The van der Waals surface area contributed by atoms with Crippen molar-refractivity contribution >= 4 is 5.97 Å². The molecular formula is C14H13NO3. The summed E-state index contributed by atoms with van der Waals surface area (Å²) < 4.78 is 5.52. The first-order valence-corrected chi connectivity index (χ1v) is 5.55. The lowest BCUT2D eigenvalue weighted by Crippen LogP contribution is -2.01. The van der Waals surface area contributed by atoms with Crippen LogP contribution in [0.2, 0.25) is 0 Å². The second-order valence-corrected chi connectivity index (χ2v) is 3.84. The first-order chi connectivity index (χ1) is 8.75. The summed E-state index contributed by atoms with van der Waals surface area (Å²) >= 11 is 0. The van der Waals surface area contributed by atoms with Gasteiger partial charge in [0.25, 0.3) is 0 Å². The Morgan fingerprint density at radius 1 is 1.06 bits per heavy atom. The number of nitrogens with zero attached hydrogens (tertiary/aromatic N) is 1. The molecule has 0 aliphatic rings. The van der Waals surface area contributed by atoms with Crippen LogP contribution in [-0.2, 0) is 18.0 Å². The molecule has 0 radical (unpaired) electrons. The third kappa shape index (κ3) is 3.40. The summed E-state index contributed by atoms with van der Waals surface area (Å²) in [6.45, 7) is 0.948. The van der Waals surface area contributed by atoms with Gasteiger partial charge in [0, 0.05) is 6.20 Å². The van der Waals surface area contributed by atoms with Gasteiger partial charge in [0.15, 0.2) is 0 Å². The summed E-state index contributed by atoms with van der Waals surface area (Å²) in [4.78, 5) is 14.4. The highest BCUT2D eigenvalue weighted by Gasteiger charge is 2.03. The van der Waals surface area contributed by atoms with Crippen LogP contribution in [0.15, 0.2) is 48.7 Å². The van der Waals surface area contributed by atoms with Crippen LogP contribution in [0.3, 0.4) is 0 Å². The second-order valence-electron chi connectivity index (χ2n) is 3.84. The highest BCUT2D eigenvalue weighted by atomic mass is 16.5. The van der Waals surface area contributed by atoms with Gasteiger partial charge in [0.05, 0.1) is 13.2 Å². The number of carboxylic acid groups (broad SMARTS) is 1. The Bertz CT molecular complexity index is 508. The predicted molar refractivity (Wildman–Crippen MR) is 66.1 cm³/mol. The Kier molecular flexibility index (Phi) is 4.04. The topological polar surface area (TPSA) is 59.4 Å². The summed E-state index contributed by atoms with van der Waals surface area (Å²) in [6, 6.07) is 13.0. The summed E-state index contributed by atoms with van der Waals surface area (Å²) in [5.74, 6) is -1.02. The highest BCUT2D eigenvalue weighted by Crippen LogP contribution is 2.06. The molecule has 0 saturated carbocycles. The minimum atomic E-state index is -1.02. The Morgan fingerprint density at radius 2 is 1.78 bits per heavy atom. The fourth-order valence-corrected chi connectivity index (χ4v) is 1.50. The van der Waals surface area contributed by atoms with Gasteiger partial charge in [-0.15, -0.1) is 0 Å². The molecule has 0 saturated heterocycles. The van der Waals surface area contributed by atoms with E-state index in [1.165, 1.54) is 12.3 Å². The van der Waals surface area contributed by atoms with Gasteiger partial charge in [-0.3, -0.25) is 0 Å². The number of rotatable bonds is 5. The molecule has 2 rings (SSSR count). The van der Waals surface area contributed by atoms with Gasteiger partial charge in [-0.05, 0) is 17.2 Å². The van der Waals surface area contributed by atoms with E-state index in [0.29, 0.717) is 13.2 Å². The molecule has 0 amide bonds. The average Bonchev–Trinajstić information content (AvgIpc) is 2.40. The van der Waals surface area contributed by atoms with Gasteiger partial charge in [-0.1, -0.05) is 36.4 Å². The van der Waals surface area contributed by atoms with E-state index in [2.05, 4.69) is 4.98 Å². The van der Waals surface area contributed by atoms with E-state index < -0.39 is 5.97 Å². The van der Waals surface area contributed by atoms with E-state index >= 15 is 0 Å². The third-order valence-corrected chi connectivity index (χ3v) is 2.42. The first-order valence-electron chi connectivity index (χ1n) is 5.55. The Labute approximate surface area is 105 Å². The zero-order valence-electron chi connectivity index (χ0n) is 9.74. The van der Waals surface area contributed by atoms with E-state index in [1.54, 1.807) is 6.07 Å². The third-order valence-electron chi connectivity index (χ3n) is 2.42. The second kappa shape index (κ2) is 5.93. The average molecular weight is 243 g/mol. The van der Waals surface area contributed by atoms with Crippen molar-refractivity contribution in [3.05, 3.63) is 65.5 Å². The van der Waals surface area contributed by atoms with Crippen LogP contribution in [-0.4, -0.2) is 16.1 Å². The normalized spacial score (nSPS) is 10.2. The molecule has 2 aromatic rings. The molecule has 0 spiro atoms. The fourth-order valence-electron chi connectivity index (χ4n) is 1.50. The molecule has 0 unspecified atom stereocenters. The van der Waals surface area contributed by atoms with Crippen molar-refractivity contribution in [2.75, 3.05) is 0 Å². The van der Waals surface area contributed by atoms with Crippen molar-refractivity contribution in [1.29, 1.82) is 0 Å². The minimum Gasteiger partial charge on any atom is -0.477 e. The van der Waals surface area contributed by atoms with Crippen LogP contribution in [0.5, 0.6) is 0 Å². The molecule has 4 heteroatoms. The summed E-state index contributed by atoms with van der Waals surface area (Å²) in [6.07, 6.45) is 1.52. The molecule has 1 aromatic heterocycles. The molecule has 0 aliphatic carbocycles. The van der Waals surface area contributed by atoms with Crippen LogP contribution in [0.25, 0.3) is 0 Å². The van der Waals surface area contributed by atoms with Crippen LogP contribution < -0.4 is 0 Å². The lowest BCUT2D eigenvalue weighted by atomic mass is 10.2. The lowest BCUT2D eigenvalue weighted by molar-refractivity contribution is 0.0690.